The van der Waals surface area contributed by atoms with Crippen molar-refractivity contribution in [3.8, 4) is 5.88 Å². The highest BCUT2D eigenvalue weighted by Gasteiger charge is 1.88. The van der Waals surface area contributed by atoms with E-state index >= 15 is 0 Å². The molecule has 0 saturated heterocycles. The summed E-state index contributed by atoms with van der Waals surface area (Å²) in [6.07, 6.45) is 1.32. The zero-order chi connectivity index (χ0) is 5.28. The lowest BCUT2D eigenvalue weighted by Crippen LogP contribution is -1.59. The molecule has 38 valence electrons. The van der Waals surface area contributed by atoms with Crippen LogP contribution in [0.4, 0.5) is 0 Å². The minimum atomic E-state index is 0.0758. The van der Waals surface area contributed by atoms with Crippen molar-refractivity contribution in [2.75, 3.05) is 0 Å². The largest absolute Gasteiger partial charge is 0.493 e. The van der Waals surface area contributed by atoms with E-state index in [0.29, 0.717) is 4.73 Å². The van der Waals surface area contributed by atoms with Crippen molar-refractivity contribution in [2.45, 2.75) is 0 Å². The summed E-state index contributed by atoms with van der Waals surface area (Å²) in [4.78, 5) is 6.13. The average molecular weight is 163 g/mol. The summed E-state index contributed by atoms with van der Waals surface area (Å²) in [6.45, 7) is 0. The number of aromatic nitrogens is 2. The molecule has 1 aromatic rings. The molecular weight excluding hydrogens is 160 g/mol. The number of nitrogens with zero attached hydrogens (tertiary/aromatic N) is 1. The summed E-state index contributed by atoms with van der Waals surface area (Å²) < 4.78 is 0.546. The van der Waals surface area contributed by atoms with E-state index in [-0.39, 0.29) is 5.88 Å². The Morgan fingerprint density at radius 1 is 1.86 bits per heavy atom. The topological polar surface area (TPSA) is 48.9 Å². The number of H-pyrrole nitrogens is 1. The molecule has 7 heavy (non-hydrogen) atoms. The second-order valence-electron chi connectivity index (χ2n) is 1.06. The van der Waals surface area contributed by atoms with E-state index in [1.54, 1.807) is 0 Å². The Hall–Kier alpha value is -0.510. The van der Waals surface area contributed by atoms with Crippen molar-refractivity contribution in [3.05, 3.63) is 10.9 Å². The SMILES string of the molecule is Oc1cnc(Br)[nH]1. The third kappa shape index (κ3) is 0.928. The minimum Gasteiger partial charge on any atom is -0.493 e. The highest BCUT2D eigenvalue weighted by Crippen LogP contribution is 2.07. The van der Waals surface area contributed by atoms with Crippen molar-refractivity contribution in [2.24, 2.45) is 0 Å². The lowest BCUT2D eigenvalue weighted by atomic mass is 10.9. The van der Waals surface area contributed by atoms with Gasteiger partial charge in [-0.2, -0.15) is 0 Å². The van der Waals surface area contributed by atoms with Crippen molar-refractivity contribution in [1.82, 2.24) is 9.97 Å². The quantitative estimate of drug-likeness (QED) is 0.596. The summed E-state index contributed by atoms with van der Waals surface area (Å²) >= 11 is 3.01. The molecule has 0 unspecified atom stereocenters. The van der Waals surface area contributed by atoms with Crippen molar-refractivity contribution >= 4 is 15.9 Å². The molecule has 2 N–H and O–H groups in total. The molecule has 0 bridgehead atoms. The molecule has 0 aliphatic heterocycles. The number of hydrogen-bond donors (Lipinski definition) is 2. The van der Waals surface area contributed by atoms with Crippen molar-refractivity contribution in [1.29, 1.82) is 0 Å². The Labute approximate surface area is 48.5 Å². The van der Waals surface area contributed by atoms with E-state index in [1.807, 2.05) is 0 Å². The van der Waals surface area contributed by atoms with Crippen LogP contribution in [-0.2, 0) is 0 Å². The molecule has 0 fully saturated rings. The number of imidazole rings is 1. The Kier molecular flexibility index (Phi) is 1.02. The van der Waals surface area contributed by atoms with Crippen LogP contribution in [0, 0.1) is 0 Å². The number of hydrogen-bond acceptors (Lipinski definition) is 2. The summed E-state index contributed by atoms with van der Waals surface area (Å²) in [6, 6.07) is 0. The molecule has 0 aliphatic rings. The Morgan fingerprint density at radius 3 is 2.71 bits per heavy atom. The maximum Gasteiger partial charge on any atom is 0.209 e. The molecule has 0 amide bonds. The van der Waals surface area contributed by atoms with Gasteiger partial charge in [-0.25, -0.2) is 4.98 Å². The smallest absolute Gasteiger partial charge is 0.209 e. The molecule has 1 heterocycles. The molecular formula is C3H3BrN2O. The van der Waals surface area contributed by atoms with E-state index in [1.165, 1.54) is 6.20 Å². The van der Waals surface area contributed by atoms with Gasteiger partial charge in [0.15, 0.2) is 4.73 Å². The first-order chi connectivity index (χ1) is 3.29. The molecule has 0 saturated carbocycles. The molecule has 0 aromatic carbocycles. The maximum absolute atomic E-state index is 8.50. The normalized spacial score (nSPS) is 9.29. The van der Waals surface area contributed by atoms with Gasteiger partial charge in [-0.1, -0.05) is 0 Å². The molecule has 3 nitrogen and oxygen atoms in total. The van der Waals surface area contributed by atoms with Gasteiger partial charge in [-0.15, -0.1) is 0 Å². The summed E-state index contributed by atoms with van der Waals surface area (Å²) in [5.74, 6) is 0.0758. The summed E-state index contributed by atoms with van der Waals surface area (Å²) in [7, 11) is 0. The molecule has 0 aliphatic carbocycles. The molecule has 1 aromatic heterocycles. The first-order valence-corrected chi connectivity index (χ1v) is 2.48. The van der Waals surface area contributed by atoms with Crippen LogP contribution in [0.5, 0.6) is 5.88 Å². The zero-order valence-corrected chi connectivity index (χ0v) is 4.94. The standard InChI is InChI=1S/C3H3BrN2O/c4-3-5-1-2(7)6-3/h1,7H,(H,5,6). The first kappa shape index (κ1) is 4.64. The van der Waals surface area contributed by atoms with Gasteiger partial charge in [0.25, 0.3) is 0 Å². The summed E-state index contributed by atoms with van der Waals surface area (Å²) in [5.41, 5.74) is 0. The lowest BCUT2D eigenvalue weighted by molar-refractivity contribution is 0.456. The van der Waals surface area contributed by atoms with Crippen LogP contribution in [0.3, 0.4) is 0 Å². The number of aromatic hydroxyl groups is 1. The molecule has 1 rings (SSSR count). The second-order valence-corrected chi connectivity index (χ2v) is 1.81. The zero-order valence-electron chi connectivity index (χ0n) is 3.35. The van der Waals surface area contributed by atoms with Gasteiger partial charge >= 0.3 is 0 Å². The number of nitrogens with one attached hydrogen (secondary N) is 1. The predicted molar refractivity (Wildman–Crippen MR) is 28.0 cm³/mol. The van der Waals surface area contributed by atoms with Gasteiger partial charge in [-0.05, 0) is 15.9 Å². The van der Waals surface area contributed by atoms with Crippen molar-refractivity contribution in [3.63, 3.8) is 0 Å². The molecule has 4 heteroatoms. The van der Waals surface area contributed by atoms with E-state index in [9.17, 15) is 0 Å². The summed E-state index contributed by atoms with van der Waals surface area (Å²) in [5, 5.41) is 8.50. The van der Waals surface area contributed by atoms with Crippen LogP contribution < -0.4 is 0 Å². The van der Waals surface area contributed by atoms with Crippen LogP contribution in [0.15, 0.2) is 10.9 Å². The second kappa shape index (κ2) is 1.54. The van der Waals surface area contributed by atoms with Crippen LogP contribution >= 0.6 is 15.9 Å². The Bertz CT molecular complexity index is 145. The fourth-order valence-electron chi connectivity index (χ4n) is 0.288. The van der Waals surface area contributed by atoms with Gasteiger partial charge in [0, 0.05) is 0 Å². The third-order valence-corrected chi connectivity index (χ3v) is 0.934. The third-order valence-electron chi connectivity index (χ3n) is 0.531. The van der Waals surface area contributed by atoms with Gasteiger partial charge in [0.2, 0.25) is 5.88 Å². The maximum atomic E-state index is 8.50. The molecule has 0 spiro atoms. The Morgan fingerprint density at radius 2 is 2.57 bits per heavy atom. The van der Waals surface area contributed by atoms with Crippen LogP contribution in [0.2, 0.25) is 0 Å². The number of halogens is 1. The Balaban J connectivity index is 3.04. The fourth-order valence-corrected chi connectivity index (χ4v) is 0.594. The van der Waals surface area contributed by atoms with E-state index in [0.717, 1.165) is 0 Å². The van der Waals surface area contributed by atoms with E-state index < -0.39 is 0 Å². The minimum absolute atomic E-state index is 0.0758. The fraction of sp³-hybridized carbons (Fsp3) is 0. The van der Waals surface area contributed by atoms with Gasteiger partial charge < -0.3 is 10.1 Å². The first-order valence-electron chi connectivity index (χ1n) is 1.68. The van der Waals surface area contributed by atoms with E-state index in [2.05, 4.69) is 25.9 Å². The van der Waals surface area contributed by atoms with Gasteiger partial charge in [0.1, 0.15) is 0 Å². The van der Waals surface area contributed by atoms with Gasteiger partial charge in [0.05, 0.1) is 6.20 Å². The van der Waals surface area contributed by atoms with Crippen LogP contribution in [0.1, 0.15) is 0 Å². The number of rotatable bonds is 0. The molecule has 0 atom stereocenters. The monoisotopic (exact) mass is 162 g/mol. The molecule has 0 radical (unpaired) electrons. The van der Waals surface area contributed by atoms with Crippen LogP contribution in [-0.4, -0.2) is 15.1 Å². The predicted octanol–water partition coefficient (Wildman–Crippen LogP) is 0.878. The number of aromatic amines is 1. The van der Waals surface area contributed by atoms with Crippen LogP contribution in [0.25, 0.3) is 0 Å². The average Bonchev–Trinajstić information content (AvgIpc) is 1.87. The van der Waals surface area contributed by atoms with Gasteiger partial charge in [-0.3, -0.25) is 0 Å². The lowest BCUT2D eigenvalue weighted by Gasteiger charge is -1.72. The highest BCUT2D eigenvalue weighted by atomic mass is 79.9. The van der Waals surface area contributed by atoms with Crippen molar-refractivity contribution < 1.29 is 5.11 Å². The highest BCUT2D eigenvalue weighted by molar-refractivity contribution is 9.10. The van der Waals surface area contributed by atoms with E-state index in [4.69, 9.17) is 5.11 Å².